The second-order valence-corrected chi connectivity index (χ2v) is 5.12. The van der Waals surface area contributed by atoms with Crippen molar-refractivity contribution in [1.82, 2.24) is 0 Å². The maximum absolute atomic E-state index is 10.9. The third-order valence-corrected chi connectivity index (χ3v) is 3.10. The molecule has 1 aromatic rings. The average molecular weight is 250 g/mol. The Morgan fingerprint density at radius 2 is 1.78 bits per heavy atom. The molecule has 100 valence electrons. The molecule has 1 aromatic carbocycles. The molecular formula is C14H22N2O2. The number of hydrogen-bond donors (Lipinski definition) is 3. The molecular weight excluding hydrogens is 228 g/mol. The highest BCUT2D eigenvalue weighted by Gasteiger charge is 2.24. The summed E-state index contributed by atoms with van der Waals surface area (Å²) in [6.07, 6.45) is 0. The van der Waals surface area contributed by atoms with Crippen molar-refractivity contribution in [1.29, 1.82) is 0 Å². The summed E-state index contributed by atoms with van der Waals surface area (Å²) in [5.74, 6) is 0.0992. The first-order valence-corrected chi connectivity index (χ1v) is 6.15. The number of carbonyl (C=O) groups excluding carboxylic acids is 1. The third kappa shape index (κ3) is 4.37. The molecule has 4 nitrogen and oxygen atoms in total. The fourth-order valence-electron chi connectivity index (χ4n) is 1.36. The van der Waals surface area contributed by atoms with Gasteiger partial charge in [0.1, 0.15) is 0 Å². The summed E-state index contributed by atoms with van der Waals surface area (Å²) < 4.78 is 0. The van der Waals surface area contributed by atoms with Crippen LogP contribution in [-0.4, -0.2) is 23.2 Å². The minimum absolute atomic E-state index is 0.0848. The molecule has 0 spiro atoms. The zero-order valence-corrected chi connectivity index (χ0v) is 11.4. The van der Waals surface area contributed by atoms with Crippen molar-refractivity contribution in [2.45, 2.75) is 33.3 Å². The number of nitrogens with one attached hydrogen (secondary N) is 2. The van der Waals surface area contributed by atoms with Gasteiger partial charge in [0, 0.05) is 24.8 Å². The molecule has 1 rings (SSSR count). The highest BCUT2D eigenvalue weighted by atomic mass is 16.3. The quantitative estimate of drug-likeness (QED) is 0.752. The molecule has 1 atom stereocenters. The largest absolute Gasteiger partial charge is 0.388 e. The molecule has 18 heavy (non-hydrogen) atoms. The predicted octanol–water partition coefficient (Wildman–Crippen LogP) is 2.46. The fourth-order valence-corrected chi connectivity index (χ4v) is 1.36. The van der Waals surface area contributed by atoms with Crippen molar-refractivity contribution < 1.29 is 9.90 Å². The van der Waals surface area contributed by atoms with Crippen LogP contribution in [0.1, 0.15) is 27.7 Å². The van der Waals surface area contributed by atoms with E-state index in [-0.39, 0.29) is 11.8 Å². The summed E-state index contributed by atoms with van der Waals surface area (Å²) in [6.45, 7) is 7.76. The number of aliphatic hydroxyl groups is 1. The predicted molar refractivity (Wildman–Crippen MR) is 74.7 cm³/mol. The molecule has 3 N–H and O–H groups in total. The van der Waals surface area contributed by atoms with E-state index in [1.807, 2.05) is 45.0 Å². The molecule has 0 aliphatic carbocycles. The van der Waals surface area contributed by atoms with E-state index in [9.17, 15) is 9.90 Å². The number of rotatable bonds is 5. The van der Waals surface area contributed by atoms with E-state index in [1.165, 1.54) is 6.92 Å². The normalized spacial score (nSPS) is 14.1. The van der Waals surface area contributed by atoms with Crippen molar-refractivity contribution in [3.63, 3.8) is 0 Å². The molecule has 1 unspecified atom stereocenters. The Kier molecular flexibility index (Phi) is 4.73. The van der Waals surface area contributed by atoms with Gasteiger partial charge >= 0.3 is 0 Å². The van der Waals surface area contributed by atoms with Crippen LogP contribution in [0.4, 0.5) is 11.4 Å². The van der Waals surface area contributed by atoms with Crippen LogP contribution in [-0.2, 0) is 4.79 Å². The standard InChI is InChI=1S/C14H22N2O2/c1-10(2)14(4,18)9-15-12-5-7-13(8-6-12)16-11(3)17/h5-8,10,15,18H,9H2,1-4H3,(H,16,17). The lowest BCUT2D eigenvalue weighted by atomic mass is 9.92. The van der Waals surface area contributed by atoms with Crippen molar-refractivity contribution in [3.8, 4) is 0 Å². The average Bonchev–Trinajstić information content (AvgIpc) is 2.27. The van der Waals surface area contributed by atoms with E-state index < -0.39 is 5.60 Å². The van der Waals surface area contributed by atoms with Gasteiger partial charge in [-0.3, -0.25) is 4.79 Å². The highest BCUT2D eigenvalue weighted by molar-refractivity contribution is 5.88. The molecule has 4 heteroatoms. The number of carbonyl (C=O) groups is 1. The van der Waals surface area contributed by atoms with Crippen molar-refractivity contribution in [3.05, 3.63) is 24.3 Å². The maximum Gasteiger partial charge on any atom is 0.221 e. The Balaban J connectivity index is 2.56. The minimum atomic E-state index is -0.740. The topological polar surface area (TPSA) is 61.4 Å². The molecule has 1 amide bonds. The Bertz CT molecular complexity index is 397. The smallest absolute Gasteiger partial charge is 0.221 e. The Morgan fingerprint density at radius 3 is 2.22 bits per heavy atom. The zero-order valence-electron chi connectivity index (χ0n) is 11.4. The van der Waals surface area contributed by atoms with E-state index in [0.717, 1.165) is 11.4 Å². The zero-order chi connectivity index (χ0) is 13.8. The van der Waals surface area contributed by atoms with E-state index in [0.29, 0.717) is 6.54 Å². The first kappa shape index (κ1) is 14.5. The van der Waals surface area contributed by atoms with E-state index in [4.69, 9.17) is 0 Å². The lowest BCUT2D eigenvalue weighted by Crippen LogP contribution is -2.38. The molecule has 0 saturated carbocycles. The first-order valence-electron chi connectivity index (χ1n) is 6.15. The van der Waals surface area contributed by atoms with Crippen LogP contribution in [0.15, 0.2) is 24.3 Å². The van der Waals surface area contributed by atoms with Gasteiger partial charge in [0.2, 0.25) is 5.91 Å². The van der Waals surface area contributed by atoms with Crippen LogP contribution in [0.5, 0.6) is 0 Å². The van der Waals surface area contributed by atoms with Gasteiger partial charge in [-0.1, -0.05) is 13.8 Å². The highest BCUT2D eigenvalue weighted by Crippen LogP contribution is 2.18. The Hall–Kier alpha value is -1.55. The van der Waals surface area contributed by atoms with Gasteiger partial charge in [-0.2, -0.15) is 0 Å². The van der Waals surface area contributed by atoms with Crippen molar-refractivity contribution in [2.24, 2.45) is 5.92 Å². The van der Waals surface area contributed by atoms with Gasteiger partial charge in [0.15, 0.2) is 0 Å². The summed E-state index contributed by atoms with van der Waals surface area (Å²) in [5.41, 5.74) is 0.949. The Labute approximate surface area is 108 Å². The van der Waals surface area contributed by atoms with Gasteiger partial charge in [0.05, 0.1) is 5.60 Å². The fraction of sp³-hybridized carbons (Fsp3) is 0.500. The van der Waals surface area contributed by atoms with Crippen LogP contribution >= 0.6 is 0 Å². The van der Waals surface area contributed by atoms with Gasteiger partial charge in [-0.15, -0.1) is 0 Å². The molecule has 0 fully saturated rings. The molecule has 0 radical (unpaired) electrons. The van der Waals surface area contributed by atoms with Gasteiger partial charge < -0.3 is 15.7 Å². The second-order valence-electron chi connectivity index (χ2n) is 5.12. The third-order valence-electron chi connectivity index (χ3n) is 3.10. The minimum Gasteiger partial charge on any atom is -0.388 e. The number of anilines is 2. The molecule has 0 bridgehead atoms. The van der Waals surface area contributed by atoms with Gasteiger partial charge in [-0.25, -0.2) is 0 Å². The van der Waals surface area contributed by atoms with Crippen molar-refractivity contribution in [2.75, 3.05) is 17.2 Å². The van der Waals surface area contributed by atoms with Crippen LogP contribution in [0.25, 0.3) is 0 Å². The lowest BCUT2D eigenvalue weighted by molar-refractivity contribution is -0.114. The number of amides is 1. The lowest BCUT2D eigenvalue weighted by Gasteiger charge is -2.28. The summed E-state index contributed by atoms with van der Waals surface area (Å²) in [4.78, 5) is 10.9. The van der Waals surface area contributed by atoms with Crippen LogP contribution in [0.2, 0.25) is 0 Å². The summed E-state index contributed by atoms with van der Waals surface area (Å²) in [5, 5.41) is 16.0. The molecule has 0 aliphatic rings. The molecule has 0 aromatic heterocycles. The maximum atomic E-state index is 10.9. The van der Waals surface area contributed by atoms with Gasteiger partial charge in [0.25, 0.3) is 0 Å². The summed E-state index contributed by atoms with van der Waals surface area (Å²) in [7, 11) is 0. The monoisotopic (exact) mass is 250 g/mol. The second kappa shape index (κ2) is 5.87. The SMILES string of the molecule is CC(=O)Nc1ccc(NCC(C)(O)C(C)C)cc1. The number of benzene rings is 1. The molecule has 0 saturated heterocycles. The summed E-state index contributed by atoms with van der Waals surface area (Å²) in [6, 6.07) is 7.41. The first-order chi connectivity index (χ1) is 8.31. The Morgan fingerprint density at radius 1 is 1.28 bits per heavy atom. The van der Waals surface area contributed by atoms with Crippen LogP contribution < -0.4 is 10.6 Å². The van der Waals surface area contributed by atoms with E-state index in [1.54, 1.807) is 0 Å². The van der Waals surface area contributed by atoms with Gasteiger partial charge in [-0.05, 0) is 37.1 Å². The summed E-state index contributed by atoms with van der Waals surface area (Å²) >= 11 is 0. The van der Waals surface area contributed by atoms with Crippen LogP contribution in [0, 0.1) is 5.92 Å². The molecule has 0 heterocycles. The number of hydrogen-bond acceptors (Lipinski definition) is 3. The van der Waals surface area contributed by atoms with Crippen LogP contribution in [0.3, 0.4) is 0 Å². The van der Waals surface area contributed by atoms with E-state index in [2.05, 4.69) is 10.6 Å². The van der Waals surface area contributed by atoms with Crippen molar-refractivity contribution >= 4 is 17.3 Å². The van der Waals surface area contributed by atoms with E-state index >= 15 is 0 Å². The molecule has 0 aliphatic heterocycles.